The Labute approximate surface area is 137 Å². The van der Waals surface area contributed by atoms with Gasteiger partial charge < -0.3 is 4.74 Å². The Morgan fingerprint density at radius 3 is 2.64 bits per heavy atom. The molecule has 0 amide bonds. The van der Waals surface area contributed by atoms with Crippen molar-refractivity contribution in [3.8, 4) is 11.1 Å². The van der Waals surface area contributed by atoms with Gasteiger partial charge in [0.1, 0.15) is 11.5 Å². The Balaban J connectivity index is 1.70. The molecule has 0 saturated carbocycles. The van der Waals surface area contributed by atoms with Crippen molar-refractivity contribution in [2.45, 2.75) is 6.61 Å². The van der Waals surface area contributed by atoms with Crippen LogP contribution in [0, 0.1) is 0 Å². The molecule has 22 heavy (non-hydrogen) atoms. The molecule has 0 atom stereocenters. The molecule has 0 saturated heterocycles. The lowest BCUT2D eigenvalue weighted by Crippen LogP contribution is -2.04. The number of hydrogen-bond donors (Lipinski definition) is 0. The van der Waals surface area contributed by atoms with E-state index in [1.54, 1.807) is 17.4 Å². The van der Waals surface area contributed by atoms with E-state index in [0.29, 0.717) is 4.88 Å². The Kier molecular flexibility index (Phi) is 4.51. The van der Waals surface area contributed by atoms with Crippen LogP contribution in [0.4, 0.5) is 0 Å². The average Bonchev–Trinajstić information content (AvgIpc) is 3.23. The molecule has 0 bridgehead atoms. The molecule has 0 fully saturated rings. The first-order valence-corrected chi connectivity index (χ1v) is 8.59. The molecule has 110 valence electrons. The number of thiophene rings is 2. The van der Waals surface area contributed by atoms with E-state index in [-0.39, 0.29) is 12.6 Å². The van der Waals surface area contributed by atoms with Crippen molar-refractivity contribution in [1.82, 2.24) is 0 Å². The van der Waals surface area contributed by atoms with Crippen molar-refractivity contribution >= 4 is 34.7 Å². The Hall–Kier alpha value is -2.17. The van der Waals surface area contributed by atoms with Crippen LogP contribution in [0.25, 0.3) is 17.2 Å². The third-order valence-corrected chi connectivity index (χ3v) is 4.85. The SMILES string of the molecule is C=Cc1ccc(COC(=O)c2sccc2-c2ccsc2)cc1. The molecule has 0 aliphatic rings. The van der Waals surface area contributed by atoms with Gasteiger partial charge in [0.15, 0.2) is 0 Å². The summed E-state index contributed by atoms with van der Waals surface area (Å²) in [5.41, 5.74) is 4.02. The first-order valence-electron chi connectivity index (χ1n) is 6.76. The van der Waals surface area contributed by atoms with E-state index in [0.717, 1.165) is 22.3 Å². The molecule has 2 heterocycles. The van der Waals surface area contributed by atoms with Gasteiger partial charge in [-0.25, -0.2) is 4.79 Å². The molecule has 0 unspecified atom stereocenters. The van der Waals surface area contributed by atoms with Crippen molar-refractivity contribution in [3.05, 3.63) is 75.1 Å². The van der Waals surface area contributed by atoms with Gasteiger partial charge in [-0.3, -0.25) is 0 Å². The fraction of sp³-hybridized carbons (Fsp3) is 0.0556. The predicted molar refractivity (Wildman–Crippen MR) is 93.3 cm³/mol. The molecule has 0 aliphatic heterocycles. The lowest BCUT2D eigenvalue weighted by Gasteiger charge is -2.06. The van der Waals surface area contributed by atoms with Crippen LogP contribution in [-0.2, 0) is 11.3 Å². The minimum atomic E-state index is -0.274. The van der Waals surface area contributed by atoms with Crippen LogP contribution in [-0.4, -0.2) is 5.97 Å². The zero-order valence-electron chi connectivity index (χ0n) is 11.8. The first kappa shape index (κ1) is 14.8. The highest BCUT2D eigenvalue weighted by Crippen LogP contribution is 2.30. The Bertz CT molecular complexity index is 768. The molecule has 0 aliphatic carbocycles. The summed E-state index contributed by atoms with van der Waals surface area (Å²) in [4.78, 5) is 12.9. The second-order valence-electron chi connectivity index (χ2n) is 4.70. The highest BCUT2D eigenvalue weighted by atomic mass is 32.1. The van der Waals surface area contributed by atoms with Crippen LogP contribution in [0.15, 0.2) is 59.1 Å². The topological polar surface area (TPSA) is 26.3 Å². The van der Waals surface area contributed by atoms with Crippen LogP contribution in [0.1, 0.15) is 20.8 Å². The van der Waals surface area contributed by atoms with Gasteiger partial charge in [0, 0.05) is 5.56 Å². The van der Waals surface area contributed by atoms with E-state index in [1.165, 1.54) is 11.3 Å². The second kappa shape index (κ2) is 6.73. The Morgan fingerprint density at radius 1 is 1.14 bits per heavy atom. The summed E-state index contributed by atoms with van der Waals surface area (Å²) in [6.45, 7) is 3.99. The van der Waals surface area contributed by atoms with Crippen LogP contribution in [0.3, 0.4) is 0 Å². The summed E-state index contributed by atoms with van der Waals surface area (Å²) < 4.78 is 5.43. The maximum atomic E-state index is 12.3. The zero-order valence-corrected chi connectivity index (χ0v) is 13.5. The Morgan fingerprint density at radius 2 is 1.95 bits per heavy atom. The highest BCUT2D eigenvalue weighted by molar-refractivity contribution is 7.12. The molecular weight excluding hydrogens is 312 g/mol. The molecule has 0 N–H and O–H groups in total. The predicted octanol–water partition coefficient (Wildman–Crippen LogP) is 5.48. The van der Waals surface area contributed by atoms with Gasteiger partial charge in [0.2, 0.25) is 0 Å². The first-order chi connectivity index (χ1) is 10.8. The van der Waals surface area contributed by atoms with Gasteiger partial charge in [-0.2, -0.15) is 11.3 Å². The van der Waals surface area contributed by atoms with Crippen LogP contribution in [0.2, 0.25) is 0 Å². The number of ether oxygens (including phenoxy) is 1. The number of carbonyl (C=O) groups is 1. The highest BCUT2D eigenvalue weighted by Gasteiger charge is 2.16. The summed E-state index contributed by atoms with van der Waals surface area (Å²) >= 11 is 3.03. The van der Waals surface area contributed by atoms with Crippen molar-refractivity contribution in [2.24, 2.45) is 0 Å². The maximum absolute atomic E-state index is 12.3. The van der Waals surface area contributed by atoms with E-state index >= 15 is 0 Å². The van der Waals surface area contributed by atoms with Gasteiger partial charge in [-0.05, 0) is 45.0 Å². The number of benzene rings is 1. The largest absolute Gasteiger partial charge is 0.457 e. The summed E-state index contributed by atoms with van der Waals surface area (Å²) in [5.74, 6) is -0.274. The second-order valence-corrected chi connectivity index (χ2v) is 6.39. The van der Waals surface area contributed by atoms with Gasteiger partial charge in [0.25, 0.3) is 0 Å². The summed E-state index contributed by atoms with van der Waals surface area (Å²) in [5, 5.41) is 5.96. The maximum Gasteiger partial charge on any atom is 0.349 e. The van der Waals surface area contributed by atoms with Crippen molar-refractivity contribution in [3.63, 3.8) is 0 Å². The number of rotatable bonds is 5. The minimum absolute atomic E-state index is 0.274. The van der Waals surface area contributed by atoms with E-state index in [1.807, 2.05) is 52.5 Å². The number of hydrogen-bond acceptors (Lipinski definition) is 4. The van der Waals surface area contributed by atoms with Gasteiger partial charge in [-0.1, -0.05) is 36.9 Å². The molecular formula is C18H14O2S2. The fourth-order valence-corrected chi connectivity index (χ4v) is 3.54. The van der Waals surface area contributed by atoms with Gasteiger partial charge in [-0.15, -0.1) is 11.3 Å². The van der Waals surface area contributed by atoms with E-state index in [2.05, 4.69) is 6.58 Å². The molecule has 0 radical (unpaired) electrons. The molecule has 4 heteroatoms. The number of carbonyl (C=O) groups excluding carboxylic acids is 1. The quantitative estimate of drug-likeness (QED) is 0.581. The van der Waals surface area contributed by atoms with E-state index < -0.39 is 0 Å². The van der Waals surface area contributed by atoms with E-state index in [4.69, 9.17) is 4.74 Å². The third kappa shape index (κ3) is 3.18. The van der Waals surface area contributed by atoms with Crippen LogP contribution >= 0.6 is 22.7 Å². The van der Waals surface area contributed by atoms with Crippen LogP contribution in [0.5, 0.6) is 0 Å². The third-order valence-electron chi connectivity index (χ3n) is 3.27. The molecule has 2 aromatic heterocycles. The standard InChI is InChI=1S/C18H14O2S2/c1-2-13-3-5-14(6-4-13)11-20-18(19)17-16(8-10-22-17)15-7-9-21-12-15/h2-10,12H,1,11H2. The fourth-order valence-electron chi connectivity index (χ4n) is 2.08. The summed E-state index contributed by atoms with van der Waals surface area (Å²) in [6, 6.07) is 11.8. The average molecular weight is 326 g/mol. The summed E-state index contributed by atoms with van der Waals surface area (Å²) in [7, 11) is 0. The van der Waals surface area contributed by atoms with Crippen molar-refractivity contribution in [1.29, 1.82) is 0 Å². The normalized spacial score (nSPS) is 10.4. The smallest absolute Gasteiger partial charge is 0.349 e. The molecule has 2 nitrogen and oxygen atoms in total. The molecule has 3 rings (SSSR count). The zero-order chi connectivity index (χ0) is 15.4. The molecule has 0 spiro atoms. The lowest BCUT2D eigenvalue weighted by atomic mass is 10.1. The van der Waals surface area contributed by atoms with E-state index in [9.17, 15) is 4.79 Å². The minimum Gasteiger partial charge on any atom is -0.457 e. The number of esters is 1. The summed E-state index contributed by atoms with van der Waals surface area (Å²) in [6.07, 6.45) is 1.79. The monoisotopic (exact) mass is 326 g/mol. The van der Waals surface area contributed by atoms with Crippen molar-refractivity contribution in [2.75, 3.05) is 0 Å². The molecule has 1 aromatic carbocycles. The van der Waals surface area contributed by atoms with Gasteiger partial charge >= 0.3 is 5.97 Å². The van der Waals surface area contributed by atoms with Gasteiger partial charge in [0.05, 0.1) is 0 Å². The lowest BCUT2D eigenvalue weighted by molar-refractivity contribution is 0.0479. The molecule has 3 aromatic rings. The van der Waals surface area contributed by atoms with Crippen LogP contribution < -0.4 is 0 Å². The van der Waals surface area contributed by atoms with Crippen molar-refractivity contribution < 1.29 is 9.53 Å².